The summed E-state index contributed by atoms with van der Waals surface area (Å²) in [6.07, 6.45) is 2.00. The highest BCUT2D eigenvalue weighted by molar-refractivity contribution is 6.07. The summed E-state index contributed by atoms with van der Waals surface area (Å²) in [6.45, 7) is 3.02. The molecular formula is C23H24FN3O3. The van der Waals surface area contributed by atoms with Crippen molar-refractivity contribution in [2.24, 2.45) is 10.7 Å². The second-order valence-corrected chi connectivity index (χ2v) is 8.48. The lowest BCUT2D eigenvalue weighted by molar-refractivity contribution is -0.139. The fraction of sp³-hybridized carbons (Fsp3) is 0.391. The van der Waals surface area contributed by atoms with Gasteiger partial charge in [-0.15, -0.1) is 0 Å². The van der Waals surface area contributed by atoms with E-state index in [1.807, 2.05) is 25.1 Å². The van der Waals surface area contributed by atoms with Crippen molar-refractivity contribution < 1.29 is 18.7 Å². The van der Waals surface area contributed by atoms with E-state index in [1.165, 1.54) is 17.0 Å². The quantitative estimate of drug-likeness (QED) is 0.785. The van der Waals surface area contributed by atoms with Crippen molar-refractivity contribution in [1.82, 2.24) is 4.90 Å². The van der Waals surface area contributed by atoms with Crippen molar-refractivity contribution in [3.05, 3.63) is 53.3 Å². The summed E-state index contributed by atoms with van der Waals surface area (Å²) >= 11 is 0. The minimum absolute atomic E-state index is 0.178. The average Bonchev–Trinajstić information content (AvgIpc) is 2.94. The molecule has 7 heteroatoms. The molecule has 2 aromatic rings. The number of aliphatic imine (C=N–C) groups is 1. The fourth-order valence-corrected chi connectivity index (χ4v) is 4.88. The minimum atomic E-state index is -1.16. The summed E-state index contributed by atoms with van der Waals surface area (Å²) in [4.78, 5) is 19.5. The Kier molecular flexibility index (Phi) is 4.15. The number of aryl methyl sites for hydroxylation is 1. The number of hydrogen-bond acceptors (Lipinski definition) is 5. The number of rotatable bonds is 1. The molecule has 0 unspecified atom stereocenters. The van der Waals surface area contributed by atoms with Crippen LogP contribution in [0.2, 0.25) is 0 Å². The summed E-state index contributed by atoms with van der Waals surface area (Å²) in [5, 5.41) is 0. The first kappa shape index (κ1) is 19.1. The summed E-state index contributed by atoms with van der Waals surface area (Å²) in [5.74, 6) is 0.302. The standard InChI is InChI=1S/C23H24FN3O3/c1-14-4-6-16(24)11-17(14)15-5-7-19-18(10-15)23(20(28)27(2)21(25)26-23)12-22(30-19)8-3-9-29-13-22/h4-7,10-11H,3,8-9,12-13H2,1-2H3,(H2,25,26)/t22-,23-/m0/s1. The largest absolute Gasteiger partial charge is 0.484 e. The van der Waals surface area contributed by atoms with E-state index in [9.17, 15) is 9.18 Å². The Hall–Kier alpha value is -2.93. The molecule has 0 radical (unpaired) electrons. The number of carbonyl (C=O) groups is 1. The highest BCUT2D eigenvalue weighted by Gasteiger charge is 2.58. The average molecular weight is 409 g/mol. The molecule has 5 rings (SSSR count). The second kappa shape index (κ2) is 6.54. The van der Waals surface area contributed by atoms with E-state index in [0.29, 0.717) is 30.9 Å². The Morgan fingerprint density at radius 1 is 1.23 bits per heavy atom. The van der Waals surface area contributed by atoms with Gasteiger partial charge in [0.25, 0.3) is 5.91 Å². The van der Waals surface area contributed by atoms with Crippen LogP contribution in [-0.2, 0) is 15.1 Å². The lowest BCUT2D eigenvalue weighted by atomic mass is 9.73. The second-order valence-electron chi connectivity index (χ2n) is 8.48. The molecule has 0 bridgehead atoms. The highest BCUT2D eigenvalue weighted by Crippen LogP contribution is 2.51. The van der Waals surface area contributed by atoms with Gasteiger partial charge in [-0.2, -0.15) is 0 Å². The zero-order valence-electron chi connectivity index (χ0n) is 17.1. The molecule has 0 aromatic heterocycles. The number of nitrogens with zero attached hydrogens (tertiary/aromatic N) is 2. The molecule has 156 valence electrons. The molecule has 3 aliphatic rings. The number of ether oxygens (including phenoxy) is 2. The monoisotopic (exact) mass is 409 g/mol. The number of benzene rings is 2. The van der Waals surface area contributed by atoms with Gasteiger partial charge in [-0.3, -0.25) is 9.69 Å². The normalized spacial score (nSPS) is 27.9. The van der Waals surface area contributed by atoms with Crippen LogP contribution in [0.5, 0.6) is 5.75 Å². The zero-order valence-corrected chi connectivity index (χ0v) is 17.1. The number of halogens is 1. The summed E-state index contributed by atoms with van der Waals surface area (Å²) in [5.41, 5.74) is 7.48. The van der Waals surface area contributed by atoms with Crippen LogP contribution in [0.25, 0.3) is 11.1 Å². The van der Waals surface area contributed by atoms with Gasteiger partial charge >= 0.3 is 0 Å². The predicted molar refractivity (Wildman–Crippen MR) is 111 cm³/mol. The van der Waals surface area contributed by atoms with Crippen molar-refractivity contribution in [2.45, 2.75) is 37.3 Å². The van der Waals surface area contributed by atoms with E-state index in [-0.39, 0.29) is 17.7 Å². The van der Waals surface area contributed by atoms with Crippen LogP contribution in [-0.4, -0.2) is 42.6 Å². The number of carbonyl (C=O) groups excluding carboxylic acids is 1. The Bertz CT molecular complexity index is 1080. The van der Waals surface area contributed by atoms with Crippen molar-refractivity contribution in [2.75, 3.05) is 20.3 Å². The van der Waals surface area contributed by atoms with Crippen molar-refractivity contribution in [1.29, 1.82) is 0 Å². The number of amides is 1. The molecular weight excluding hydrogens is 385 g/mol. The lowest BCUT2D eigenvalue weighted by Gasteiger charge is -2.46. The number of guanidine groups is 1. The maximum absolute atomic E-state index is 13.9. The molecule has 3 aliphatic heterocycles. The molecule has 30 heavy (non-hydrogen) atoms. The third-order valence-electron chi connectivity index (χ3n) is 6.43. The van der Waals surface area contributed by atoms with Gasteiger partial charge in [0.2, 0.25) is 0 Å². The zero-order chi connectivity index (χ0) is 21.1. The maximum atomic E-state index is 13.9. The van der Waals surface area contributed by atoms with E-state index in [2.05, 4.69) is 4.99 Å². The van der Waals surface area contributed by atoms with Gasteiger partial charge in [0.05, 0.1) is 6.61 Å². The van der Waals surface area contributed by atoms with Crippen LogP contribution in [0.3, 0.4) is 0 Å². The van der Waals surface area contributed by atoms with Gasteiger partial charge in [0, 0.05) is 25.6 Å². The van der Waals surface area contributed by atoms with Crippen LogP contribution in [0.1, 0.15) is 30.4 Å². The fourth-order valence-electron chi connectivity index (χ4n) is 4.88. The third-order valence-corrected chi connectivity index (χ3v) is 6.43. The van der Waals surface area contributed by atoms with Gasteiger partial charge in [-0.05, 0) is 60.7 Å². The third kappa shape index (κ3) is 2.72. The number of nitrogens with two attached hydrogens (primary N) is 1. The smallest absolute Gasteiger partial charge is 0.261 e. The topological polar surface area (TPSA) is 77.2 Å². The first-order chi connectivity index (χ1) is 14.3. The molecule has 1 amide bonds. The van der Waals surface area contributed by atoms with Gasteiger partial charge in [0.15, 0.2) is 11.5 Å². The molecule has 2 aromatic carbocycles. The predicted octanol–water partition coefficient (Wildman–Crippen LogP) is 3.11. The van der Waals surface area contributed by atoms with E-state index in [4.69, 9.17) is 15.2 Å². The van der Waals surface area contributed by atoms with Crippen molar-refractivity contribution in [3.8, 4) is 16.9 Å². The molecule has 3 heterocycles. The summed E-state index contributed by atoms with van der Waals surface area (Å²) < 4.78 is 26.1. The Labute approximate surface area is 174 Å². The number of hydrogen-bond donors (Lipinski definition) is 1. The molecule has 1 fully saturated rings. The SMILES string of the molecule is Cc1ccc(F)cc1-c1ccc2c(c1)[C@]1(C[C@]3(CCCOC3)O2)N=C(N)N(C)C1=O. The van der Waals surface area contributed by atoms with Gasteiger partial charge in [-0.25, -0.2) is 9.38 Å². The van der Waals surface area contributed by atoms with Crippen LogP contribution in [0, 0.1) is 12.7 Å². The Balaban J connectivity index is 1.70. The van der Waals surface area contributed by atoms with Crippen molar-refractivity contribution >= 4 is 11.9 Å². The van der Waals surface area contributed by atoms with E-state index in [1.54, 1.807) is 13.1 Å². The Morgan fingerprint density at radius 3 is 2.77 bits per heavy atom. The number of fused-ring (bicyclic) bond motifs is 2. The summed E-state index contributed by atoms with van der Waals surface area (Å²) in [7, 11) is 1.63. The van der Waals surface area contributed by atoms with Crippen molar-refractivity contribution in [3.63, 3.8) is 0 Å². The first-order valence-corrected chi connectivity index (χ1v) is 10.1. The van der Waals surface area contributed by atoms with Crippen LogP contribution < -0.4 is 10.5 Å². The van der Waals surface area contributed by atoms with Crippen LogP contribution in [0.15, 0.2) is 41.4 Å². The first-order valence-electron chi connectivity index (χ1n) is 10.1. The van der Waals surface area contributed by atoms with Gasteiger partial charge in [0.1, 0.15) is 17.2 Å². The van der Waals surface area contributed by atoms with Crippen LogP contribution >= 0.6 is 0 Å². The molecule has 2 spiro atoms. The molecule has 2 N–H and O–H groups in total. The molecule has 0 saturated carbocycles. The Morgan fingerprint density at radius 2 is 2.07 bits per heavy atom. The molecule has 0 aliphatic carbocycles. The van der Waals surface area contributed by atoms with E-state index >= 15 is 0 Å². The lowest BCUT2D eigenvalue weighted by Crippen LogP contribution is -2.55. The van der Waals surface area contributed by atoms with Gasteiger partial charge < -0.3 is 15.2 Å². The van der Waals surface area contributed by atoms with Gasteiger partial charge in [-0.1, -0.05) is 12.1 Å². The summed E-state index contributed by atoms with van der Waals surface area (Å²) in [6, 6.07) is 10.3. The molecule has 1 saturated heterocycles. The molecule has 6 nitrogen and oxygen atoms in total. The highest BCUT2D eigenvalue weighted by atomic mass is 19.1. The molecule has 2 atom stereocenters. The van der Waals surface area contributed by atoms with Crippen LogP contribution in [0.4, 0.5) is 4.39 Å². The van der Waals surface area contributed by atoms with E-state index < -0.39 is 11.1 Å². The maximum Gasteiger partial charge on any atom is 0.261 e. The van der Waals surface area contributed by atoms with E-state index in [0.717, 1.165) is 29.5 Å². The minimum Gasteiger partial charge on any atom is -0.484 e. The number of likely N-dealkylation sites (N-methyl/N-ethyl adjacent to an activating group) is 1.